The van der Waals surface area contributed by atoms with Crippen LogP contribution in [0.2, 0.25) is 0 Å². The van der Waals surface area contributed by atoms with Gasteiger partial charge in [-0.25, -0.2) is 13.9 Å². The zero-order valence-electron chi connectivity index (χ0n) is 24.5. The van der Waals surface area contributed by atoms with Crippen LogP contribution in [-0.4, -0.2) is 65.5 Å². The highest BCUT2D eigenvalue weighted by Gasteiger charge is 2.37. The Hall–Kier alpha value is -4.04. The number of carbonyl (C=O) groups excluding carboxylic acids is 1. The van der Waals surface area contributed by atoms with Gasteiger partial charge in [0.1, 0.15) is 5.75 Å². The number of ether oxygens (including phenoxy) is 3. The Labute approximate surface area is 251 Å². The van der Waals surface area contributed by atoms with Crippen molar-refractivity contribution < 1.29 is 46.5 Å². The van der Waals surface area contributed by atoms with Crippen molar-refractivity contribution in [1.29, 1.82) is 0 Å². The molecule has 1 aliphatic rings. The Morgan fingerprint density at radius 3 is 2.32 bits per heavy atom. The third-order valence-corrected chi connectivity index (χ3v) is 7.61. The lowest BCUT2D eigenvalue weighted by Crippen LogP contribution is -2.49. The standard InChI is InChI=1S/C30H34F4N4O6/c1-18-4-7-20(8-5-18)28(39)38(21(16-42-2)17-43-3)25-14-24(31)27(13-22(25)29(40)41)44-26-9-6-19(12-23(26)30(32,33)34)15-37-11-10-35-36-37/h6,9-14,18,20-21H,4-5,7-8,15-17H2,1-3H3,(H,40,41)/t18-,20-. The summed E-state index contributed by atoms with van der Waals surface area (Å²) < 4.78 is 75.1. The first-order chi connectivity index (χ1) is 20.9. The number of benzene rings is 2. The number of alkyl halides is 3. The lowest BCUT2D eigenvalue weighted by Gasteiger charge is -2.36. The molecule has 1 saturated carbocycles. The molecule has 0 bridgehead atoms. The third kappa shape index (κ3) is 7.72. The van der Waals surface area contributed by atoms with Crippen molar-refractivity contribution in [3.8, 4) is 11.5 Å². The van der Waals surface area contributed by atoms with E-state index in [9.17, 15) is 27.9 Å². The van der Waals surface area contributed by atoms with Crippen LogP contribution in [0, 0.1) is 17.7 Å². The van der Waals surface area contributed by atoms with Crippen LogP contribution in [0.15, 0.2) is 42.7 Å². The SMILES string of the molecule is COCC(COC)N(c1cc(F)c(Oc2ccc(Cn3ccnn3)cc2C(F)(F)F)cc1C(=O)O)C(=O)[C@H]1CC[C@H](C)CC1. The quantitative estimate of drug-likeness (QED) is 0.252. The molecule has 1 aliphatic carbocycles. The molecule has 0 spiro atoms. The minimum absolute atomic E-state index is 0.0105. The highest BCUT2D eigenvalue weighted by Crippen LogP contribution is 2.41. The van der Waals surface area contributed by atoms with Gasteiger partial charge in [-0.05, 0) is 49.3 Å². The summed E-state index contributed by atoms with van der Waals surface area (Å²) in [5, 5.41) is 17.5. The molecule has 44 heavy (non-hydrogen) atoms. The fourth-order valence-corrected chi connectivity index (χ4v) is 5.38. The molecular weight excluding hydrogens is 588 g/mol. The van der Waals surface area contributed by atoms with Gasteiger partial charge in [0, 0.05) is 38.5 Å². The third-order valence-electron chi connectivity index (χ3n) is 7.61. The minimum Gasteiger partial charge on any atom is -0.478 e. The average Bonchev–Trinajstić information content (AvgIpc) is 3.48. The Balaban J connectivity index is 1.75. The number of rotatable bonds is 12. The number of amides is 1. The van der Waals surface area contributed by atoms with Crippen molar-refractivity contribution in [2.75, 3.05) is 32.3 Å². The number of halogens is 4. The maximum absolute atomic E-state index is 15.7. The zero-order chi connectivity index (χ0) is 32.0. The summed E-state index contributed by atoms with van der Waals surface area (Å²) in [5.74, 6) is -4.59. The van der Waals surface area contributed by atoms with Crippen molar-refractivity contribution in [2.45, 2.75) is 51.4 Å². The van der Waals surface area contributed by atoms with Crippen LogP contribution >= 0.6 is 0 Å². The van der Waals surface area contributed by atoms with Crippen LogP contribution in [0.4, 0.5) is 23.2 Å². The van der Waals surface area contributed by atoms with Gasteiger partial charge in [0.15, 0.2) is 11.6 Å². The maximum atomic E-state index is 15.7. The molecule has 1 fully saturated rings. The molecule has 1 amide bonds. The minimum atomic E-state index is -4.88. The molecule has 0 saturated heterocycles. The molecular formula is C30H34F4N4O6. The van der Waals surface area contributed by atoms with E-state index in [0.29, 0.717) is 18.8 Å². The monoisotopic (exact) mass is 622 g/mol. The Kier molecular flexibility index (Phi) is 10.6. The second-order valence-corrected chi connectivity index (χ2v) is 10.9. The number of methoxy groups -OCH3 is 2. The summed E-state index contributed by atoms with van der Waals surface area (Å²) in [4.78, 5) is 27.5. The number of hydrogen-bond acceptors (Lipinski definition) is 7. The molecule has 2 aromatic carbocycles. The molecule has 0 radical (unpaired) electrons. The molecule has 4 rings (SSSR count). The Bertz CT molecular complexity index is 1440. The molecule has 14 heteroatoms. The van der Waals surface area contributed by atoms with Crippen molar-refractivity contribution in [3.63, 3.8) is 0 Å². The van der Waals surface area contributed by atoms with E-state index >= 15 is 4.39 Å². The highest BCUT2D eigenvalue weighted by atomic mass is 19.4. The van der Waals surface area contributed by atoms with E-state index in [1.807, 2.05) is 0 Å². The zero-order valence-corrected chi connectivity index (χ0v) is 24.5. The summed E-state index contributed by atoms with van der Waals surface area (Å²) in [6.07, 6.45) is 0.726. The van der Waals surface area contributed by atoms with Crippen LogP contribution in [0.5, 0.6) is 11.5 Å². The van der Waals surface area contributed by atoms with Crippen LogP contribution in [0.25, 0.3) is 0 Å². The van der Waals surface area contributed by atoms with E-state index in [2.05, 4.69) is 17.2 Å². The number of carboxylic acids is 1. The number of carboxylic acid groups (broad SMARTS) is 1. The van der Waals surface area contributed by atoms with E-state index in [1.165, 1.54) is 42.3 Å². The first-order valence-electron chi connectivity index (χ1n) is 14.0. The van der Waals surface area contributed by atoms with Gasteiger partial charge in [0.05, 0.1) is 48.8 Å². The van der Waals surface area contributed by atoms with Crippen molar-refractivity contribution in [2.24, 2.45) is 11.8 Å². The van der Waals surface area contributed by atoms with Crippen LogP contribution in [0.1, 0.15) is 54.1 Å². The fourth-order valence-electron chi connectivity index (χ4n) is 5.38. The summed E-state index contributed by atoms with van der Waals surface area (Å²) in [5.41, 5.74) is -1.78. The molecule has 0 atom stereocenters. The summed E-state index contributed by atoms with van der Waals surface area (Å²) in [7, 11) is 2.80. The topological polar surface area (TPSA) is 116 Å². The normalized spacial score (nSPS) is 17.1. The van der Waals surface area contributed by atoms with Crippen LogP contribution in [-0.2, 0) is 27.0 Å². The second kappa shape index (κ2) is 14.2. The molecule has 0 unspecified atom stereocenters. The summed E-state index contributed by atoms with van der Waals surface area (Å²) in [6, 6.07) is 3.99. The van der Waals surface area contributed by atoms with Gasteiger partial charge in [-0.15, -0.1) is 5.10 Å². The van der Waals surface area contributed by atoms with Gasteiger partial charge in [0.2, 0.25) is 5.91 Å². The lowest BCUT2D eigenvalue weighted by atomic mass is 9.82. The molecule has 1 heterocycles. The highest BCUT2D eigenvalue weighted by molar-refractivity contribution is 6.03. The number of carbonyl (C=O) groups is 2. The predicted molar refractivity (Wildman–Crippen MR) is 150 cm³/mol. The van der Waals surface area contributed by atoms with E-state index in [4.69, 9.17) is 14.2 Å². The Morgan fingerprint density at radius 1 is 1.07 bits per heavy atom. The average molecular weight is 623 g/mol. The predicted octanol–water partition coefficient (Wildman–Crippen LogP) is 5.80. The molecule has 3 aromatic rings. The van der Waals surface area contributed by atoms with E-state index in [1.54, 1.807) is 0 Å². The van der Waals surface area contributed by atoms with Gasteiger partial charge in [0.25, 0.3) is 0 Å². The number of aromatic carboxylic acids is 1. The fraction of sp³-hybridized carbons (Fsp3) is 0.467. The van der Waals surface area contributed by atoms with E-state index in [0.717, 1.165) is 37.1 Å². The number of anilines is 1. The Morgan fingerprint density at radius 2 is 1.75 bits per heavy atom. The molecule has 1 N–H and O–H groups in total. The van der Waals surface area contributed by atoms with Crippen molar-refractivity contribution in [1.82, 2.24) is 15.0 Å². The summed E-state index contributed by atoms with van der Waals surface area (Å²) in [6.45, 7) is 1.99. The van der Waals surface area contributed by atoms with Crippen molar-refractivity contribution >= 4 is 17.6 Å². The van der Waals surface area contributed by atoms with Gasteiger partial charge >= 0.3 is 12.1 Å². The first kappa shape index (κ1) is 32.9. The smallest absolute Gasteiger partial charge is 0.419 e. The number of nitrogens with zero attached hydrogens (tertiary/aromatic N) is 4. The maximum Gasteiger partial charge on any atom is 0.419 e. The summed E-state index contributed by atoms with van der Waals surface area (Å²) >= 11 is 0. The van der Waals surface area contributed by atoms with Gasteiger partial charge in [-0.1, -0.05) is 18.2 Å². The lowest BCUT2D eigenvalue weighted by molar-refractivity contribution is -0.138. The molecule has 10 nitrogen and oxygen atoms in total. The molecule has 0 aliphatic heterocycles. The number of hydrogen-bond donors (Lipinski definition) is 1. The van der Waals surface area contributed by atoms with E-state index < -0.39 is 58.5 Å². The molecule has 238 valence electrons. The van der Waals surface area contributed by atoms with E-state index in [-0.39, 0.29) is 31.0 Å². The molecule has 1 aromatic heterocycles. The van der Waals surface area contributed by atoms with Gasteiger partial charge in [-0.3, -0.25) is 4.79 Å². The van der Waals surface area contributed by atoms with Gasteiger partial charge < -0.3 is 24.2 Å². The number of aromatic nitrogens is 3. The first-order valence-corrected chi connectivity index (χ1v) is 14.0. The van der Waals surface area contributed by atoms with Crippen molar-refractivity contribution in [3.05, 3.63) is 65.2 Å². The van der Waals surface area contributed by atoms with Crippen LogP contribution in [0.3, 0.4) is 0 Å². The second-order valence-electron chi connectivity index (χ2n) is 10.9. The van der Waals surface area contributed by atoms with Gasteiger partial charge in [-0.2, -0.15) is 13.2 Å². The largest absolute Gasteiger partial charge is 0.478 e. The van der Waals surface area contributed by atoms with Crippen LogP contribution < -0.4 is 9.64 Å².